The summed E-state index contributed by atoms with van der Waals surface area (Å²) in [6.45, 7) is 1.83. The molecule has 4 rings (SSSR count). The Morgan fingerprint density at radius 3 is 2.73 bits per heavy atom. The molecule has 1 aliphatic rings. The van der Waals surface area contributed by atoms with Crippen LogP contribution in [0.3, 0.4) is 0 Å². The third-order valence-electron chi connectivity index (χ3n) is 6.93. The zero-order chi connectivity index (χ0) is 28.8. The topological polar surface area (TPSA) is 128 Å². The van der Waals surface area contributed by atoms with Crippen LogP contribution in [0.25, 0.3) is 11.3 Å². The first kappa shape index (κ1) is 29.2. The van der Waals surface area contributed by atoms with E-state index in [0.717, 1.165) is 11.1 Å². The molecule has 40 heavy (non-hydrogen) atoms. The fraction of sp³-hybridized carbons (Fsp3) is 0.310. The van der Waals surface area contributed by atoms with Gasteiger partial charge < -0.3 is 21.1 Å². The minimum Gasteiger partial charge on any atom is -0.467 e. The van der Waals surface area contributed by atoms with Gasteiger partial charge in [0.15, 0.2) is 0 Å². The molecule has 3 unspecified atom stereocenters. The molecule has 2 bridgehead atoms. The predicted octanol–water partition coefficient (Wildman–Crippen LogP) is 4.58. The number of rotatable bonds is 5. The van der Waals surface area contributed by atoms with Gasteiger partial charge in [-0.25, -0.2) is 9.78 Å². The van der Waals surface area contributed by atoms with Crippen molar-refractivity contribution in [3.63, 3.8) is 0 Å². The van der Waals surface area contributed by atoms with E-state index in [1.807, 2.05) is 31.2 Å². The zero-order valence-electron chi connectivity index (χ0n) is 22.2. The minimum absolute atomic E-state index is 0.0683. The highest BCUT2D eigenvalue weighted by Gasteiger charge is 2.26. The van der Waals surface area contributed by atoms with Crippen LogP contribution < -0.4 is 21.9 Å². The molecular formula is C29H31Cl2N5O4. The van der Waals surface area contributed by atoms with Gasteiger partial charge in [-0.05, 0) is 42.2 Å². The van der Waals surface area contributed by atoms with Gasteiger partial charge >= 0.3 is 5.97 Å². The molecule has 0 radical (unpaired) electrons. The number of carbonyl (C=O) groups excluding carboxylic acids is 2. The number of methoxy groups -OCH3 is 1. The second kappa shape index (κ2) is 13.0. The van der Waals surface area contributed by atoms with E-state index < -0.39 is 12.0 Å². The van der Waals surface area contributed by atoms with Crippen LogP contribution in [0.2, 0.25) is 5.02 Å². The van der Waals surface area contributed by atoms with Gasteiger partial charge in [-0.2, -0.15) is 0 Å². The van der Waals surface area contributed by atoms with Crippen LogP contribution >= 0.6 is 23.2 Å². The highest BCUT2D eigenvalue weighted by molar-refractivity contribution is 6.31. The number of nitrogens with one attached hydrogen (secondary N) is 2. The Labute approximate surface area is 242 Å². The van der Waals surface area contributed by atoms with E-state index in [2.05, 4.69) is 15.6 Å². The smallest absolute Gasteiger partial charge is 0.328 e. The summed E-state index contributed by atoms with van der Waals surface area (Å²) in [7, 11) is 1.30. The molecule has 0 aliphatic carbocycles. The van der Waals surface area contributed by atoms with Crippen molar-refractivity contribution in [3.8, 4) is 11.3 Å². The SMILES string of the molecule is COC(=O)C1Cc2cccc(c2)C(n2cnc(-c3cc(Cl)ccc3N/C=C(\N)Cl)cc2=O)CCCC(C)C(=O)N1. The molecule has 0 fully saturated rings. The summed E-state index contributed by atoms with van der Waals surface area (Å²) < 4.78 is 6.53. The van der Waals surface area contributed by atoms with Crippen LogP contribution in [0.1, 0.15) is 43.4 Å². The summed E-state index contributed by atoms with van der Waals surface area (Å²) in [5.74, 6) is -1.02. The molecule has 1 amide bonds. The van der Waals surface area contributed by atoms with Crippen LogP contribution in [0.5, 0.6) is 0 Å². The fourth-order valence-electron chi connectivity index (χ4n) is 4.82. The van der Waals surface area contributed by atoms with Crippen LogP contribution in [0, 0.1) is 5.92 Å². The van der Waals surface area contributed by atoms with E-state index in [4.69, 9.17) is 33.7 Å². The average molecular weight is 585 g/mol. The number of hydrogen-bond donors (Lipinski definition) is 3. The molecule has 2 aromatic carbocycles. The maximum Gasteiger partial charge on any atom is 0.328 e. The quantitative estimate of drug-likeness (QED) is 0.296. The number of halogens is 2. The third-order valence-corrected chi connectivity index (χ3v) is 7.28. The number of anilines is 1. The maximum absolute atomic E-state index is 13.5. The Morgan fingerprint density at radius 2 is 2.00 bits per heavy atom. The minimum atomic E-state index is -0.804. The molecular weight excluding hydrogens is 553 g/mol. The molecule has 0 saturated carbocycles. The van der Waals surface area contributed by atoms with E-state index in [9.17, 15) is 14.4 Å². The van der Waals surface area contributed by atoms with E-state index in [1.165, 1.54) is 25.7 Å². The van der Waals surface area contributed by atoms with Crippen molar-refractivity contribution >= 4 is 40.8 Å². The number of esters is 1. The van der Waals surface area contributed by atoms with E-state index in [0.29, 0.717) is 41.2 Å². The standard InChI is InChI=1S/C29H31Cl2N5O4/c1-17-5-3-8-25(19-7-4-6-18(11-19)12-24(29(39)40-2)35-28(17)38)36-16-34-23(14-27(36)37)21-13-20(30)9-10-22(21)33-15-26(31)32/h4,6-7,9-11,13-17,24-25,33H,3,5,8,12,32H2,1-2H3,(H,35,38)/b26-15-. The summed E-state index contributed by atoms with van der Waals surface area (Å²) in [5, 5.41) is 6.39. The van der Waals surface area contributed by atoms with Crippen molar-refractivity contribution in [2.45, 2.75) is 44.7 Å². The molecule has 1 aliphatic heterocycles. The lowest BCUT2D eigenvalue weighted by atomic mass is 9.93. The molecule has 11 heteroatoms. The summed E-state index contributed by atoms with van der Waals surface area (Å²) in [5.41, 5.74) is 8.72. The van der Waals surface area contributed by atoms with Gasteiger partial charge in [-0.15, -0.1) is 0 Å². The molecule has 3 atom stereocenters. The van der Waals surface area contributed by atoms with Gasteiger partial charge in [0.2, 0.25) is 5.91 Å². The Kier molecular flexibility index (Phi) is 9.50. The summed E-state index contributed by atoms with van der Waals surface area (Å²) in [4.78, 5) is 43.3. The number of amides is 1. The number of carbonyl (C=O) groups is 2. The average Bonchev–Trinajstić information content (AvgIpc) is 2.93. The zero-order valence-corrected chi connectivity index (χ0v) is 23.7. The third kappa shape index (κ3) is 7.03. The van der Waals surface area contributed by atoms with Gasteiger partial charge in [0.05, 0.1) is 25.2 Å². The predicted molar refractivity (Wildman–Crippen MR) is 156 cm³/mol. The lowest BCUT2D eigenvalue weighted by molar-refractivity contribution is -0.145. The summed E-state index contributed by atoms with van der Waals surface area (Å²) in [6.07, 6.45) is 5.11. The highest BCUT2D eigenvalue weighted by Crippen LogP contribution is 2.31. The molecule has 3 aromatic rings. The van der Waals surface area contributed by atoms with Gasteiger partial charge in [0.1, 0.15) is 11.2 Å². The van der Waals surface area contributed by atoms with Gasteiger partial charge in [-0.3, -0.25) is 14.2 Å². The maximum atomic E-state index is 13.5. The number of ether oxygens (including phenoxy) is 1. The fourth-order valence-corrected chi connectivity index (χ4v) is 5.05. The van der Waals surface area contributed by atoms with Crippen molar-refractivity contribution in [2.24, 2.45) is 11.7 Å². The normalized spacial score (nSPS) is 20.1. The molecule has 0 spiro atoms. The van der Waals surface area contributed by atoms with E-state index >= 15 is 0 Å². The number of hydrogen-bond acceptors (Lipinski definition) is 7. The number of aromatic nitrogens is 2. The summed E-state index contributed by atoms with van der Waals surface area (Å²) >= 11 is 12.0. The van der Waals surface area contributed by atoms with Crippen molar-refractivity contribution in [1.29, 1.82) is 0 Å². The van der Waals surface area contributed by atoms with Crippen molar-refractivity contribution in [2.75, 3.05) is 12.4 Å². The molecule has 4 N–H and O–H groups in total. The van der Waals surface area contributed by atoms with Gasteiger partial charge in [0.25, 0.3) is 5.56 Å². The second-order valence-corrected chi connectivity index (χ2v) is 10.6. The number of fused-ring (bicyclic) bond motifs is 2. The Morgan fingerprint density at radius 1 is 1.20 bits per heavy atom. The Hall–Kier alpha value is -3.82. The molecule has 210 valence electrons. The van der Waals surface area contributed by atoms with Crippen LogP contribution in [-0.2, 0) is 20.7 Å². The molecule has 2 heterocycles. The van der Waals surface area contributed by atoms with Crippen LogP contribution in [0.4, 0.5) is 5.69 Å². The number of nitrogens with two attached hydrogens (primary N) is 1. The van der Waals surface area contributed by atoms with Crippen molar-refractivity contribution < 1.29 is 14.3 Å². The molecule has 9 nitrogen and oxygen atoms in total. The second-order valence-electron chi connectivity index (χ2n) is 9.76. The molecule has 1 aromatic heterocycles. The lowest BCUT2D eigenvalue weighted by Gasteiger charge is -2.24. The summed E-state index contributed by atoms with van der Waals surface area (Å²) in [6, 6.07) is 13.2. The van der Waals surface area contributed by atoms with Crippen LogP contribution in [-0.4, -0.2) is 34.6 Å². The number of benzene rings is 2. The van der Waals surface area contributed by atoms with Crippen molar-refractivity contribution in [3.05, 3.63) is 92.7 Å². The van der Waals surface area contributed by atoms with E-state index in [1.54, 1.807) is 22.8 Å². The van der Waals surface area contributed by atoms with E-state index in [-0.39, 0.29) is 35.0 Å². The molecule has 0 saturated heterocycles. The Bertz CT molecular complexity index is 1490. The van der Waals surface area contributed by atoms with Crippen molar-refractivity contribution in [1.82, 2.24) is 14.9 Å². The Balaban J connectivity index is 1.73. The highest BCUT2D eigenvalue weighted by atomic mass is 35.5. The first-order valence-corrected chi connectivity index (χ1v) is 13.6. The van der Waals surface area contributed by atoms with Crippen LogP contribution in [0.15, 0.2) is 71.0 Å². The largest absolute Gasteiger partial charge is 0.467 e. The number of nitrogens with zero attached hydrogens (tertiary/aromatic N) is 2. The van der Waals surface area contributed by atoms with Gasteiger partial charge in [-0.1, -0.05) is 60.8 Å². The lowest BCUT2D eigenvalue weighted by Crippen LogP contribution is -2.45. The first-order valence-electron chi connectivity index (χ1n) is 12.9. The van der Waals surface area contributed by atoms with Gasteiger partial charge in [0, 0.05) is 40.9 Å². The first-order chi connectivity index (χ1) is 19.2. The monoisotopic (exact) mass is 583 g/mol.